The van der Waals surface area contributed by atoms with E-state index in [0.29, 0.717) is 13.2 Å². The number of amides is 1. The molecule has 1 aromatic carbocycles. The molecule has 0 heterocycles. The van der Waals surface area contributed by atoms with Gasteiger partial charge in [-0.3, -0.25) is 9.63 Å². The lowest BCUT2D eigenvalue weighted by Gasteiger charge is -2.06. The van der Waals surface area contributed by atoms with E-state index in [0.717, 1.165) is 18.2 Å². The van der Waals surface area contributed by atoms with Crippen molar-refractivity contribution in [3.05, 3.63) is 35.4 Å². The van der Waals surface area contributed by atoms with Crippen molar-refractivity contribution in [2.75, 3.05) is 33.5 Å². The maximum absolute atomic E-state index is 12.9. The molecule has 1 N–H and O–H groups in total. The van der Waals surface area contributed by atoms with Crippen LogP contribution in [0.4, 0.5) is 8.78 Å². The van der Waals surface area contributed by atoms with Crippen molar-refractivity contribution in [1.29, 1.82) is 0 Å². The Kier molecular flexibility index (Phi) is 6.94. The number of hydrogen-bond acceptors (Lipinski definition) is 4. The van der Waals surface area contributed by atoms with E-state index in [4.69, 9.17) is 14.3 Å². The highest BCUT2D eigenvalue weighted by molar-refractivity contribution is 5.93. The summed E-state index contributed by atoms with van der Waals surface area (Å²) >= 11 is 0. The molecule has 7 heteroatoms. The molecule has 1 rings (SSSR count). The number of rotatable bonds is 8. The van der Waals surface area contributed by atoms with Gasteiger partial charge in [0.2, 0.25) is 0 Å². The van der Waals surface area contributed by atoms with Crippen molar-refractivity contribution in [2.45, 2.75) is 0 Å². The number of halogens is 2. The van der Waals surface area contributed by atoms with Gasteiger partial charge in [-0.1, -0.05) is 0 Å². The molecular formula is C12H15F2NO4. The maximum Gasteiger partial charge on any atom is 0.274 e. The van der Waals surface area contributed by atoms with E-state index in [9.17, 15) is 13.6 Å². The van der Waals surface area contributed by atoms with Crippen LogP contribution in [-0.2, 0) is 14.3 Å². The predicted molar refractivity (Wildman–Crippen MR) is 62.5 cm³/mol. The second-order valence-electron chi connectivity index (χ2n) is 3.51. The molecule has 19 heavy (non-hydrogen) atoms. The number of nitrogens with one attached hydrogen (secondary N) is 1. The second-order valence-corrected chi connectivity index (χ2v) is 3.51. The minimum absolute atomic E-state index is 0.0285. The molecular weight excluding hydrogens is 260 g/mol. The lowest BCUT2D eigenvalue weighted by Crippen LogP contribution is -2.26. The minimum Gasteiger partial charge on any atom is -0.382 e. The summed E-state index contributed by atoms with van der Waals surface area (Å²) in [7, 11) is 1.56. The van der Waals surface area contributed by atoms with E-state index in [2.05, 4.69) is 5.48 Å². The van der Waals surface area contributed by atoms with E-state index in [1.54, 1.807) is 7.11 Å². The lowest BCUT2D eigenvalue weighted by atomic mass is 10.2. The van der Waals surface area contributed by atoms with E-state index in [-0.39, 0.29) is 18.8 Å². The quantitative estimate of drug-likeness (QED) is 0.574. The van der Waals surface area contributed by atoms with Gasteiger partial charge in [-0.15, -0.1) is 0 Å². The molecule has 1 amide bonds. The summed E-state index contributed by atoms with van der Waals surface area (Å²) in [4.78, 5) is 16.3. The molecule has 0 aromatic heterocycles. The molecule has 0 saturated heterocycles. The van der Waals surface area contributed by atoms with Gasteiger partial charge in [0, 0.05) is 12.7 Å². The highest BCUT2D eigenvalue weighted by Crippen LogP contribution is 2.08. The van der Waals surface area contributed by atoms with Gasteiger partial charge in [0.1, 0.15) is 0 Å². The van der Waals surface area contributed by atoms with Gasteiger partial charge in [0.05, 0.1) is 26.4 Å². The maximum atomic E-state index is 12.9. The molecule has 0 unspecified atom stereocenters. The third-order valence-electron chi connectivity index (χ3n) is 2.11. The Hall–Kier alpha value is -1.57. The lowest BCUT2D eigenvalue weighted by molar-refractivity contribution is -0.00940. The summed E-state index contributed by atoms with van der Waals surface area (Å²) in [5, 5.41) is 0. The van der Waals surface area contributed by atoms with Crippen molar-refractivity contribution in [2.24, 2.45) is 0 Å². The Labute approximate surface area is 109 Å². The van der Waals surface area contributed by atoms with Gasteiger partial charge in [0.25, 0.3) is 5.91 Å². The summed E-state index contributed by atoms with van der Waals surface area (Å²) in [5.41, 5.74) is 2.07. The van der Waals surface area contributed by atoms with Crippen LogP contribution in [0.1, 0.15) is 10.4 Å². The zero-order chi connectivity index (χ0) is 14.1. The summed E-state index contributed by atoms with van der Waals surface area (Å²) < 4.78 is 35.4. The van der Waals surface area contributed by atoms with Crippen LogP contribution in [0.5, 0.6) is 0 Å². The first kappa shape index (κ1) is 15.5. The van der Waals surface area contributed by atoms with Crippen LogP contribution in [0.3, 0.4) is 0 Å². The molecule has 0 spiro atoms. The number of benzene rings is 1. The first-order chi connectivity index (χ1) is 9.15. The number of methoxy groups -OCH3 is 1. The number of carbonyl (C=O) groups excluding carboxylic acids is 1. The van der Waals surface area contributed by atoms with Gasteiger partial charge in [-0.2, -0.15) is 0 Å². The van der Waals surface area contributed by atoms with Crippen molar-refractivity contribution >= 4 is 5.91 Å². The van der Waals surface area contributed by atoms with Gasteiger partial charge < -0.3 is 9.47 Å². The molecule has 0 bridgehead atoms. The molecule has 1 aromatic rings. The third kappa shape index (κ3) is 5.73. The fourth-order valence-corrected chi connectivity index (χ4v) is 1.16. The summed E-state index contributed by atoms with van der Waals surface area (Å²) in [6.07, 6.45) is 0. The molecule has 5 nitrogen and oxygen atoms in total. The Bertz CT molecular complexity index is 415. The van der Waals surface area contributed by atoms with Crippen molar-refractivity contribution in [1.82, 2.24) is 5.48 Å². The van der Waals surface area contributed by atoms with E-state index in [1.807, 2.05) is 0 Å². The topological polar surface area (TPSA) is 56.8 Å². The monoisotopic (exact) mass is 275 g/mol. The highest BCUT2D eigenvalue weighted by atomic mass is 19.2. The standard InChI is InChI=1S/C12H15F2NO4/c1-17-4-5-18-6-7-19-15-12(16)9-2-3-10(13)11(14)8-9/h2-3,8H,4-7H2,1H3,(H,15,16). The fourth-order valence-electron chi connectivity index (χ4n) is 1.16. The molecule has 0 atom stereocenters. The van der Waals surface area contributed by atoms with Gasteiger partial charge in [0.15, 0.2) is 11.6 Å². The SMILES string of the molecule is COCCOCCONC(=O)c1ccc(F)c(F)c1. The van der Waals surface area contributed by atoms with Crippen molar-refractivity contribution in [3.8, 4) is 0 Å². The number of carbonyl (C=O) groups is 1. The molecule has 0 aliphatic heterocycles. The number of ether oxygens (including phenoxy) is 2. The summed E-state index contributed by atoms with van der Waals surface area (Å²) in [6.45, 7) is 1.32. The Morgan fingerprint density at radius 1 is 1.16 bits per heavy atom. The first-order valence-corrected chi connectivity index (χ1v) is 5.59. The van der Waals surface area contributed by atoms with Crippen LogP contribution >= 0.6 is 0 Å². The van der Waals surface area contributed by atoms with Gasteiger partial charge in [-0.25, -0.2) is 14.3 Å². The van der Waals surface area contributed by atoms with Gasteiger partial charge >= 0.3 is 0 Å². The van der Waals surface area contributed by atoms with Crippen LogP contribution in [0.25, 0.3) is 0 Å². The molecule has 0 aliphatic rings. The average Bonchev–Trinajstić information content (AvgIpc) is 2.40. The Balaban J connectivity index is 2.22. The zero-order valence-electron chi connectivity index (χ0n) is 10.4. The van der Waals surface area contributed by atoms with Crippen molar-refractivity contribution in [3.63, 3.8) is 0 Å². The summed E-state index contributed by atoms with van der Waals surface area (Å²) in [6, 6.07) is 2.83. The fraction of sp³-hybridized carbons (Fsp3) is 0.417. The highest BCUT2D eigenvalue weighted by Gasteiger charge is 2.09. The summed E-state index contributed by atoms with van der Waals surface area (Å²) in [5.74, 6) is -2.75. The first-order valence-electron chi connectivity index (χ1n) is 5.59. The van der Waals surface area contributed by atoms with E-state index in [1.165, 1.54) is 0 Å². The van der Waals surface area contributed by atoms with Crippen molar-refractivity contribution < 1.29 is 27.9 Å². The second kappa shape index (κ2) is 8.52. The average molecular weight is 275 g/mol. The Morgan fingerprint density at radius 2 is 1.89 bits per heavy atom. The molecule has 0 aliphatic carbocycles. The normalized spacial score (nSPS) is 10.5. The van der Waals surface area contributed by atoms with Crippen LogP contribution < -0.4 is 5.48 Å². The Morgan fingerprint density at radius 3 is 2.58 bits per heavy atom. The van der Waals surface area contributed by atoms with Crippen LogP contribution in [0, 0.1) is 11.6 Å². The van der Waals surface area contributed by atoms with Crippen LogP contribution in [0.15, 0.2) is 18.2 Å². The third-order valence-corrected chi connectivity index (χ3v) is 2.11. The molecule has 106 valence electrons. The number of hydroxylamine groups is 1. The molecule has 0 radical (unpaired) electrons. The minimum atomic E-state index is -1.09. The smallest absolute Gasteiger partial charge is 0.274 e. The zero-order valence-corrected chi connectivity index (χ0v) is 10.4. The predicted octanol–water partition coefficient (Wildman–Crippen LogP) is 1.29. The molecule has 0 fully saturated rings. The van der Waals surface area contributed by atoms with Crippen LogP contribution in [-0.4, -0.2) is 39.4 Å². The van der Waals surface area contributed by atoms with Gasteiger partial charge in [-0.05, 0) is 18.2 Å². The molecule has 0 saturated carbocycles. The largest absolute Gasteiger partial charge is 0.382 e. The number of hydrogen-bond donors (Lipinski definition) is 1. The van der Waals surface area contributed by atoms with Crippen LogP contribution in [0.2, 0.25) is 0 Å². The van der Waals surface area contributed by atoms with E-state index < -0.39 is 17.5 Å². The van der Waals surface area contributed by atoms with E-state index >= 15 is 0 Å².